The van der Waals surface area contributed by atoms with Crippen molar-refractivity contribution in [2.75, 3.05) is 0 Å². The van der Waals surface area contributed by atoms with E-state index in [-0.39, 0.29) is 17.6 Å². The van der Waals surface area contributed by atoms with Crippen LogP contribution < -0.4 is 20.9 Å². The Kier molecular flexibility index (Phi) is 7.51. The van der Waals surface area contributed by atoms with Crippen LogP contribution in [0.3, 0.4) is 0 Å². The van der Waals surface area contributed by atoms with Gasteiger partial charge < -0.3 is 10.1 Å². The number of hydrogen-bond donors (Lipinski definition) is 3. The molecule has 9 heteroatoms. The number of hydrogen-bond acceptors (Lipinski definition) is 5. The first kappa shape index (κ1) is 21.4. The Morgan fingerprint density at radius 3 is 2.29 bits per heavy atom. The summed E-state index contributed by atoms with van der Waals surface area (Å²) >= 11 is 1.26. The van der Waals surface area contributed by atoms with Crippen molar-refractivity contribution in [2.45, 2.75) is 32.9 Å². The van der Waals surface area contributed by atoms with Crippen LogP contribution in [0.5, 0.6) is 5.75 Å². The number of benzene rings is 1. The zero-order valence-electron chi connectivity index (χ0n) is 15.7. The minimum Gasteiger partial charge on any atom is -0.478 e. The summed E-state index contributed by atoms with van der Waals surface area (Å²) in [6, 6.07) is 8.23. The van der Waals surface area contributed by atoms with E-state index >= 15 is 0 Å². The number of para-hydroxylation sites is 1. The highest BCUT2D eigenvalue weighted by molar-refractivity contribution is 7.12. The van der Waals surface area contributed by atoms with Crippen LogP contribution in [0.25, 0.3) is 0 Å². The average molecular weight is 407 g/mol. The lowest BCUT2D eigenvalue weighted by atomic mass is 10.0. The summed E-state index contributed by atoms with van der Waals surface area (Å²) in [5.74, 6) is -2.49. The summed E-state index contributed by atoms with van der Waals surface area (Å²) in [5.41, 5.74) is 4.50. The first-order valence-electron chi connectivity index (χ1n) is 8.65. The molecular weight excluding hydrogens is 385 g/mol. The van der Waals surface area contributed by atoms with Gasteiger partial charge in [-0.1, -0.05) is 32.0 Å². The van der Waals surface area contributed by atoms with Crippen LogP contribution in [0.2, 0.25) is 0 Å². The summed E-state index contributed by atoms with van der Waals surface area (Å²) in [7, 11) is 0. The molecule has 0 fully saturated rings. The van der Waals surface area contributed by atoms with E-state index in [0.29, 0.717) is 4.88 Å². The summed E-state index contributed by atoms with van der Waals surface area (Å²) in [5, 5.41) is 4.41. The number of carbonyl (C=O) groups is 3. The lowest BCUT2D eigenvalue weighted by Crippen LogP contribution is -2.55. The van der Waals surface area contributed by atoms with Gasteiger partial charge in [0.25, 0.3) is 17.7 Å². The molecule has 1 aromatic heterocycles. The van der Waals surface area contributed by atoms with Crippen molar-refractivity contribution in [1.82, 2.24) is 16.2 Å². The van der Waals surface area contributed by atoms with E-state index in [9.17, 15) is 18.8 Å². The second kappa shape index (κ2) is 9.84. The van der Waals surface area contributed by atoms with E-state index in [2.05, 4.69) is 16.2 Å². The normalized spacial score (nSPS) is 12.8. The zero-order valence-corrected chi connectivity index (χ0v) is 16.5. The van der Waals surface area contributed by atoms with E-state index in [1.54, 1.807) is 37.4 Å². The first-order valence-corrected chi connectivity index (χ1v) is 9.52. The summed E-state index contributed by atoms with van der Waals surface area (Å²) < 4.78 is 18.8. The van der Waals surface area contributed by atoms with Gasteiger partial charge in [0.1, 0.15) is 6.04 Å². The van der Waals surface area contributed by atoms with Gasteiger partial charge in [-0.25, -0.2) is 4.39 Å². The van der Waals surface area contributed by atoms with Gasteiger partial charge in [0, 0.05) is 0 Å². The predicted molar refractivity (Wildman–Crippen MR) is 103 cm³/mol. The molecule has 2 rings (SSSR count). The fraction of sp³-hybridized carbons (Fsp3) is 0.316. The lowest BCUT2D eigenvalue weighted by Gasteiger charge is -2.22. The Morgan fingerprint density at radius 1 is 1.00 bits per heavy atom. The number of nitrogens with one attached hydrogen (secondary N) is 3. The van der Waals surface area contributed by atoms with E-state index in [1.807, 2.05) is 0 Å². The van der Waals surface area contributed by atoms with Gasteiger partial charge in [-0.3, -0.25) is 25.2 Å². The Balaban J connectivity index is 1.89. The third kappa shape index (κ3) is 5.78. The largest absolute Gasteiger partial charge is 0.478 e. The second-order valence-corrected chi connectivity index (χ2v) is 7.29. The minimum atomic E-state index is -1.05. The molecule has 1 aromatic carbocycles. The molecule has 0 spiro atoms. The molecule has 28 heavy (non-hydrogen) atoms. The lowest BCUT2D eigenvalue weighted by molar-refractivity contribution is -0.133. The summed E-state index contributed by atoms with van der Waals surface area (Å²) in [6.45, 7) is 4.96. The van der Waals surface area contributed by atoms with Gasteiger partial charge in [0.05, 0.1) is 4.88 Å². The van der Waals surface area contributed by atoms with Crippen LogP contribution in [-0.2, 0) is 9.59 Å². The summed E-state index contributed by atoms with van der Waals surface area (Å²) in [6.07, 6.45) is -1.05. The number of ether oxygens (including phenoxy) is 1. The van der Waals surface area contributed by atoms with Crippen LogP contribution in [0, 0.1) is 11.7 Å². The molecule has 0 aliphatic rings. The van der Waals surface area contributed by atoms with E-state index in [1.165, 1.54) is 36.5 Å². The van der Waals surface area contributed by atoms with Crippen LogP contribution >= 0.6 is 11.3 Å². The molecule has 0 saturated carbocycles. The number of rotatable bonds is 7. The van der Waals surface area contributed by atoms with Gasteiger partial charge in [-0.15, -0.1) is 11.3 Å². The van der Waals surface area contributed by atoms with Gasteiger partial charge >= 0.3 is 0 Å². The number of hydrazine groups is 1. The molecule has 0 aliphatic heterocycles. The van der Waals surface area contributed by atoms with E-state index < -0.39 is 29.8 Å². The fourth-order valence-corrected chi connectivity index (χ4v) is 2.87. The molecule has 0 aliphatic carbocycles. The highest BCUT2D eigenvalue weighted by atomic mass is 32.1. The SMILES string of the molecule is CC(C)[C@@H](NC(=O)c1cccs1)C(=O)NNC(=O)[C@H](C)Oc1ccccc1F. The highest BCUT2D eigenvalue weighted by Gasteiger charge is 2.26. The maximum absolute atomic E-state index is 13.6. The van der Waals surface area contributed by atoms with Crippen molar-refractivity contribution in [3.8, 4) is 5.75 Å². The highest BCUT2D eigenvalue weighted by Crippen LogP contribution is 2.17. The molecule has 1 heterocycles. The van der Waals surface area contributed by atoms with Crippen LogP contribution in [0.4, 0.5) is 4.39 Å². The zero-order chi connectivity index (χ0) is 20.7. The molecule has 0 unspecified atom stereocenters. The maximum Gasteiger partial charge on any atom is 0.279 e. The predicted octanol–water partition coefficient (Wildman–Crippen LogP) is 2.26. The van der Waals surface area contributed by atoms with Gasteiger partial charge in [-0.05, 0) is 36.4 Å². The van der Waals surface area contributed by atoms with Crippen molar-refractivity contribution in [3.63, 3.8) is 0 Å². The molecule has 0 saturated heterocycles. The third-order valence-corrected chi connectivity index (χ3v) is 4.67. The molecule has 150 valence electrons. The van der Waals surface area contributed by atoms with Gasteiger partial charge in [0.15, 0.2) is 17.7 Å². The van der Waals surface area contributed by atoms with Crippen molar-refractivity contribution < 1.29 is 23.5 Å². The number of carbonyl (C=O) groups excluding carboxylic acids is 3. The Bertz CT molecular complexity index is 826. The van der Waals surface area contributed by atoms with Crippen molar-refractivity contribution >= 4 is 29.1 Å². The Hall–Kier alpha value is -2.94. The average Bonchev–Trinajstić information content (AvgIpc) is 3.20. The maximum atomic E-state index is 13.6. The number of amides is 3. The third-order valence-electron chi connectivity index (χ3n) is 3.80. The van der Waals surface area contributed by atoms with Crippen molar-refractivity contribution in [3.05, 3.63) is 52.5 Å². The standard InChI is InChI=1S/C19H22FN3O4S/c1-11(2)16(21-18(25)15-9-6-10-28-15)19(26)23-22-17(24)12(3)27-14-8-5-4-7-13(14)20/h4-12,16H,1-3H3,(H,21,25)(H,22,24)(H,23,26)/t12-,16+/m0/s1. The van der Waals surface area contributed by atoms with E-state index in [0.717, 1.165) is 0 Å². The van der Waals surface area contributed by atoms with Crippen LogP contribution in [0.15, 0.2) is 41.8 Å². The molecule has 3 amide bonds. The quantitative estimate of drug-likeness (QED) is 0.614. The summed E-state index contributed by atoms with van der Waals surface area (Å²) in [4.78, 5) is 37.2. The monoisotopic (exact) mass is 407 g/mol. The smallest absolute Gasteiger partial charge is 0.279 e. The van der Waals surface area contributed by atoms with E-state index in [4.69, 9.17) is 4.74 Å². The molecule has 7 nitrogen and oxygen atoms in total. The number of thiophene rings is 1. The van der Waals surface area contributed by atoms with Gasteiger partial charge in [0.2, 0.25) is 0 Å². The van der Waals surface area contributed by atoms with Crippen LogP contribution in [0.1, 0.15) is 30.4 Å². The van der Waals surface area contributed by atoms with Crippen molar-refractivity contribution in [1.29, 1.82) is 0 Å². The fourth-order valence-electron chi connectivity index (χ4n) is 2.24. The van der Waals surface area contributed by atoms with Gasteiger partial charge in [-0.2, -0.15) is 0 Å². The topological polar surface area (TPSA) is 96.5 Å². The molecule has 0 bridgehead atoms. The molecule has 2 aromatic rings. The molecule has 0 radical (unpaired) electrons. The molecule has 3 N–H and O–H groups in total. The molecular formula is C19H22FN3O4S. The first-order chi connectivity index (χ1) is 13.3. The second-order valence-electron chi connectivity index (χ2n) is 6.34. The Morgan fingerprint density at radius 2 is 1.68 bits per heavy atom. The molecule has 2 atom stereocenters. The minimum absolute atomic E-state index is 0.0697. The van der Waals surface area contributed by atoms with Crippen molar-refractivity contribution in [2.24, 2.45) is 5.92 Å². The van der Waals surface area contributed by atoms with Crippen LogP contribution in [-0.4, -0.2) is 29.9 Å². The Labute approximate surface area is 166 Å². The number of halogens is 1.